The lowest BCUT2D eigenvalue weighted by Gasteiger charge is -2.08. The molecule has 0 aliphatic heterocycles. The smallest absolute Gasteiger partial charge is 0.295 e. The molecule has 2 aromatic rings. The number of nitrogens with one attached hydrogen (secondary N) is 1. The largest absolute Gasteiger partial charge is 0.398 e. The Balaban J connectivity index is 2.41. The van der Waals surface area contributed by atoms with E-state index in [2.05, 4.69) is 0 Å². The van der Waals surface area contributed by atoms with Gasteiger partial charge in [-0.25, -0.2) is 8.78 Å². The maximum atomic E-state index is 13.6. The molecule has 0 radical (unpaired) electrons. The molecule has 0 bridgehead atoms. The molecule has 0 unspecified atom stereocenters. The van der Waals surface area contributed by atoms with Gasteiger partial charge in [-0.2, -0.15) is 0 Å². The molecule has 0 heterocycles. The van der Waals surface area contributed by atoms with E-state index in [1.54, 1.807) is 0 Å². The maximum Gasteiger partial charge on any atom is 0.295 e. The monoisotopic (exact) mass is 293 g/mol. The Bertz CT molecular complexity index is 735. The van der Waals surface area contributed by atoms with Crippen molar-refractivity contribution in [3.05, 3.63) is 63.7 Å². The van der Waals surface area contributed by atoms with Gasteiger partial charge in [0.2, 0.25) is 0 Å². The maximum absolute atomic E-state index is 13.6. The van der Waals surface area contributed by atoms with Crippen LogP contribution in [-0.4, -0.2) is 10.8 Å². The number of nitrogens with two attached hydrogens (primary N) is 1. The van der Waals surface area contributed by atoms with Gasteiger partial charge in [0, 0.05) is 11.8 Å². The number of benzene rings is 2. The summed E-state index contributed by atoms with van der Waals surface area (Å²) < 4.78 is 26.8. The number of carbonyl (C=O) groups excluding carboxylic acids is 1. The van der Waals surface area contributed by atoms with Crippen molar-refractivity contribution in [3.8, 4) is 0 Å². The highest BCUT2D eigenvalue weighted by molar-refractivity contribution is 6.08. The Kier molecular flexibility index (Phi) is 3.79. The third-order valence-electron chi connectivity index (χ3n) is 2.69. The number of anilines is 2. The van der Waals surface area contributed by atoms with Gasteiger partial charge in [-0.05, 0) is 24.3 Å². The molecule has 1 amide bonds. The predicted molar refractivity (Wildman–Crippen MR) is 71.8 cm³/mol. The average molecular weight is 293 g/mol. The summed E-state index contributed by atoms with van der Waals surface area (Å²) in [7, 11) is 0. The van der Waals surface area contributed by atoms with Gasteiger partial charge >= 0.3 is 0 Å². The SMILES string of the molecule is Nc1ccc(F)cc1C(=O)Nc1c(F)cccc1[N+](=O)[O-]. The molecule has 0 saturated carbocycles. The lowest BCUT2D eigenvalue weighted by molar-refractivity contribution is -0.384. The van der Waals surface area contributed by atoms with E-state index in [0.717, 1.165) is 30.3 Å². The number of nitro groups is 1. The van der Waals surface area contributed by atoms with E-state index in [0.29, 0.717) is 0 Å². The summed E-state index contributed by atoms with van der Waals surface area (Å²) >= 11 is 0. The van der Waals surface area contributed by atoms with Crippen LogP contribution in [0.4, 0.5) is 25.8 Å². The quantitative estimate of drug-likeness (QED) is 0.516. The van der Waals surface area contributed by atoms with Crippen LogP contribution in [0.15, 0.2) is 36.4 Å². The molecule has 0 saturated heterocycles. The number of hydrogen-bond donors (Lipinski definition) is 2. The summed E-state index contributed by atoms with van der Waals surface area (Å²) in [5, 5.41) is 12.9. The average Bonchev–Trinajstić information content (AvgIpc) is 2.43. The van der Waals surface area contributed by atoms with Crippen molar-refractivity contribution in [2.24, 2.45) is 0 Å². The first-order valence-corrected chi connectivity index (χ1v) is 5.69. The molecule has 6 nitrogen and oxygen atoms in total. The first-order chi connectivity index (χ1) is 9.90. The fourth-order valence-corrected chi connectivity index (χ4v) is 1.69. The second-order valence-electron chi connectivity index (χ2n) is 4.08. The molecule has 2 rings (SSSR count). The van der Waals surface area contributed by atoms with Crippen molar-refractivity contribution in [3.63, 3.8) is 0 Å². The standard InChI is InChI=1S/C13H9F2N3O3/c14-7-4-5-10(16)8(6-7)13(19)17-12-9(15)2-1-3-11(12)18(20)21/h1-6H,16H2,(H,17,19). The van der Waals surface area contributed by atoms with Gasteiger partial charge in [0.1, 0.15) is 5.82 Å². The third kappa shape index (κ3) is 2.94. The summed E-state index contributed by atoms with van der Waals surface area (Å²) in [4.78, 5) is 21.9. The summed E-state index contributed by atoms with van der Waals surface area (Å²) in [6.45, 7) is 0. The number of carbonyl (C=O) groups is 1. The van der Waals surface area contributed by atoms with Crippen LogP contribution in [0.5, 0.6) is 0 Å². The highest BCUT2D eigenvalue weighted by atomic mass is 19.1. The molecule has 2 aromatic carbocycles. The Hall–Kier alpha value is -3.03. The summed E-state index contributed by atoms with van der Waals surface area (Å²) in [6, 6.07) is 6.21. The molecule has 0 spiro atoms. The van der Waals surface area contributed by atoms with Crippen molar-refractivity contribution in [2.45, 2.75) is 0 Å². The molecule has 0 fully saturated rings. The number of nitrogens with zero attached hydrogens (tertiary/aromatic N) is 1. The zero-order valence-electron chi connectivity index (χ0n) is 10.5. The number of rotatable bonds is 3. The fraction of sp³-hybridized carbons (Fsp3) is 0. The molecular weight excluding hydrogens is 284 g/mol. The van der Waals surface area contributed by atoms with Crippen LogP contribution < -0.4 is 11.1 Å². The molecule has 0 atom stereocenters. The zero-order chi connectivity index (χ0) is 15.6. The Morgan fingerprint density at radius 1 is 1.24 bits per heavy atom. The first kappa shape index (κ1) is 14.4. The summed E-state index contributed by atoms with van der Waals surface area (Å²) in [5.74, 6) is -2.63. The summed E-state index contributed by atoms with van der Waals surface area (Å²) in [5.41, 5.74) is 4.03. The van der Waals surface area contributed by atoms with E-state index >= 15 is 0 Å². The van der Waals surface area contributed by atoms with Crippen LogP contribution in [0.25, 0.3) is 0 Å². The Morgan fingerprint density at radius 3 is 2.62 bits per heavy atom. The lowest BCUT2D eigenvalue weighted by Crippen LogP contribution is -2.16. The van der Waals surface area contributed by atoms with E-state index in [-0.39, 0.29) is 11.3 Å². The lowest BCUT2D eigenvalue weighted by atomic mass is 10.1. The topological polar surface area (TPSA) is 98.3 Å². The Labute approximate surface area is 117 Å². The third-order valence-corrected chi connectivity index (χ3v) is 2.69. The number of amides is 1. The number of nitrogen functional groups attached to an aromatic ring is 1. The van der Waals surface area contributed by atoms with Gasteiger partial charge in [-0.15, -0.1) is 0 Å². The van der Waals surface area contributed by atoms with E-state index in [1.165, 1.54) is 6.07 Å². The van der Waals surface area contributed by atoms with Crippen molar-refractivity contribution in [1.82, 2.24) is 0 Å². The molecule has 108 valence electrons. The molecule has 0 aliphatic carbocycles. The van der Waals surface area contributed by atoms with Crippen LogP contribution in [0.2, 0.25) is 0 Å². The van der Waals surface area contributed by atoms with Gasteiger partial charge in [0.25, 0.3) is 11.6 Å². The van der Waals surface area contributed by atoms with Crippen LogP contribution >= 0.6 is 0 Å². The van der Waals surface area contributed by atoms with Gasteiger partial charge in [-0.1, -0.05) is 6.07 Å². The second kappa shape index (κ2) is 5.53. The highest BCUT2D eigenvalue weighted by Gasteiger charge is 2.21. The van der Waals surface area contributed by atoms with E-state index in [9.17, 15) is 23.7 Å². The molecule has 0 aliphatic rings. The first-order valence-electron chi connectivity index (χ1n) is 5.69. The number of halogens is 2. The minimum atomic E-state index is -0.979. The van der Waals surface area contributed by atoms with E-state index < -0.39 is 33.8 Å². The van der Waals surface area contributed by atoms with Gasteiger partial charge in [0.05, 0.1) is 10.5 Å². The normalized spacial score (nSPS) is 10.2. The molecule has 21 heavy (non-hydrogen) atoms. The molecule has 0 aromatic heterocycles. The summed E-state index contributed by atoms with van der Waals surface area (Å²) in [6.07, 6.45) is 0. The van der Waals surface area contributed by atoms with Gasteiger partial charge < -0.3 is 11.1 Å². The minimum absolute atomic E-state index is 0.0344. The Morgan fingerprint density at radius 2 is 1.95 bits per heavy atom. The second-order valence-corrected chi connectivity index (χ2v) is 4.08. The number of para-hydroxylation sites is 1. The van der Waals surface area contributed by atoms with Crippen molar-refractivity contribution in [1.29, 1.82) is 0 Å². The number of hydrogen-bond acceptors (Lipinski definition) is 4. The van der Waals surface area contributed by atoms with Crippen LogP contribution in [0, 0.1) is 21.7 Å². The van der Waals surface area contributed by atoms with Crippen LogP contribution in [-0.2, 0) is 0 Å². The molecular formula is C13H9F2N3O3. The fourth-order valence-electron chi connectivity index (χ4n) is 1.69. The van der Waals surface area contributed by atoms with Crippen molar-refractivity contribution >= 4 is 23.0 Å². The predicted octanol–water partition coefficient (Wildman–Crippen LogP) is 2.71. The van der Waals surface area contributed by atoms with E-state index in [1.807, 2.05) is 5.32 Å². The highest BCUT2D eigenvalue weighted by Crippen LogP contribution is 2.28. The number of nitro benzene ring substituents is 1. The molecule has 3 N–H and O–H groups in total. The van der Waals surface area contributed by atoms with Gasteiger partial charge in [0.15, 0.2) is 11.5 Å². The van der Waals surface area contributed by atoms with Crippen LogP contribution in [0.1, 0.15) is 10.4 Å². The van der Waals surface area contributed by atoms with E-state index in [4.69, 9.17) is 5.73 Å². The zero-order valence-corrected chi connectivity index (χ0v) is 10.5. The minimum Gasteiger partial charge on any atom is -0.398 e. The van der Waals surface area contributed by atoms with Crippen molar-refractivity contribution in [2.75, 3.05) is 11.1 Å². The van der Waals surface area contributed by atoms with Gasteiger partial charge in [-0.3, -0.25) is 14.9 Å². The van der Waals surface area contributed by atoms with Crippen molar-refractivity contribution < 1.29 is 18.5 Å². The van der Waals surface area contributed by atoms with Crippen LogP contribution in [0.3, 0.4) is 0 Å². The molecule has 8 heteroatoms.